The number of esters is 1. The molecule has 0 atom stereocenters. The van der Waals surface area contributed by atoms with Crippen LogP contribution in [0.1, 0.15) is 21.7 Å². The molecule has 1 aliphatic heterocycles. The van der Waals surface area contributed by atoms with Crippen LogP contribution in [0.3, 0.4) is 0 Å². The van der Waals surface area contributed by atoms with E-state index in [0.717, 1.165) is 22.9 Å². The third-order valence-electron chi connectivity index (χ3n) is 5.48. The second-order valence-corrected chi connectivity index (χ2v) is 7.95. The maximum absolute atomic E-state index is 12.5. The van der Waals surface area contributed by atoms with E-state index in [1.54, 1.807) is 40.0 Å². The van der Waals surface area contributed by atoms with Gasteiger partial charge < -0.3 is 14.5 Å². The summed E-state index contributed by atoms with van der Waals surface area (Å²) in [6.45, 7) is 5.94. The first kappa shape index (κ1) is 21.8. The number of aryl methyl sites for hydroxylation is 1. The summed E-state index contributed by atoms with van der Waals surface area (Å²) in [5.41, 5.74) is 2.73. The molecular formula is C23H24ClN5O3. The molecule has 0 saturated carbocycles. The van der Waals surface area contributed by atoms with Crippen molar-refractivity contribution in [3.05, 3.63) is 70.6 Å². The molecule has 3 aromatic rings. The van der Waals surface area contributed by atoms with Crippen molar-refractivity contribution in [2.24, 2.45) is 0 Å². The maximum atomic E-state index is 12.5. The predicted octanol–water partition coefficient (Wildman–Crippen LogP) is 3.04. The van der Waals surface area contributed by atoms with E-state index in [1.165, 1.54) is 0 Å². The van der Waals surface area contributed by atoms with Gasteiger partial charge in [-0.2, -0.15) is 5.10 Å². The number of carbonyl (C=O) groups is 2. The second-order valence-electron chi connectivity index (χ2n) is 7.58. The van der Waals surface area contributed by atoms with Gasteiger partial charge in [0, 0.05) is 32.4 Å². The Morgan fingerprint density at radius 3 is 2.34 bits per heavy atom. The van der Waals surface area contributed by atoms with Crippen LogP contribution in [0.2, 0.25) is 5.02 Å². The molecule has 0 N–H and O–H groups in total. The summed E-state index contributed by atoms with van der Waals surface area (Å²) in [5, 5.41) is 5.02. The smallest absolute Gasteiger partial charge is 0.338 e. The Morgan fingerprint density at radius 2 is 1.75 bits per heavy atom. The lowest BCUT2D eigenvalue weighted by Gasteiger charge is -2.35. The number of aromatic nitrogens is 3. The maximum Gasteiger partial charge on any atom is 0.338 e. The van der Waals surface area contributed by atoms with E-state index < -0.39 is 5.97 Å². The zero-order chi connectivity index (χ0) is 22.7. The Morgan fingerprint density at radius 1 is 1.03 bits per heavy atom. The van der Waals surface area contributed by atoms with Crippen LogP contribution in [0, 0.1) is 13.8 Å². The molecule has 0 unspecified atom stereocenters. The van der Waals surface area contributed by atoms with Crippen LogP contribution in [0.4, 0.5) is 5.82 Å². The monoisotopic (exact) mass is 453 g/mol. The van der Waals surface area contributed by atoms with Gasteiger partial charge in [0.2, 0.25) is 0 Å². The Balaban J connectivity index is 1.29. The van der Waals surface area contributed by atoms with Crippen molar-refractivity contribution in [2.45, 2.75) is 13.8 Å². The Bertz CT molecular complexity index is 1110. The molecule has 8 nitrogen and oxygen atoms in total. The van der Waals surface area contributed by atoms with Crippen molar-refractivity contribution in [3.8, 4) is 5.69 Å². The minimum absolute atomic E-state index is 0.201. The second kappa shape index (κ2) is 9.40. The molecule has 9 heteroatoms. The van der Waals surface area contributed by atoms with Gasteiger partial charge in [0.15, 0.2) is 6.61 Å². The van der Waals surface area contributed by atoms with Crippen molar-refractivity contribution >= 4 is 29.3 Å². The van der Waals surface area contributed by atoms with Gasteiger partial charge in [-0.3, -0.25) is 4.79 Å². The first-order valence-electron chi connectivity index (χ1n) is 10.4. The molecule has 32 heavy (non-hydrogen) atoms. The van der Waals surface area contributed by atoms with Crippen molar-refractivity contribution in [2.75, 3.05) is 37.7 Å². The van der Waals surface area contributed by atoms with Gasteiger partial charge in [-0.1, -0.05) is 17.7 Å². The minimum Gasteiger partial charge on any atom is -0.452 e. The van der Waals surface area contributed by atoms with E-state index in [-0.39, 0.29) is 12.5 Å². The molecule has 0 radical (unpaired) electrons. The number of hydrogen-bond donors (Lipinski definition) is 0. The molecule has 0 bridgehead atoms. The van der Waals surface area contributed by atoms with Crippen LogP contribution in [0.5, 0.6) is 0 Å². The lowest BCUT2D eigenvalue weighted by molar-refractivity contribution is -0.134. The van der Waals surface area contributed by atoms with Crippen LogP contribution >= 0.6 is 11.6 Å². The number of piperazine rings is 1. The largest absolute Gasteiger partial charge is 0.452 e. The molecule has 1 aromatic carbocycles. The molecule has 1 amide bonds. The normalized spacial score (nSPS) is 13.8. The molecule has 166 valence electrons. The summed E-state index contributed by atoms with van der Waals surface area (Å²) >= 11 is 6.20. The van der Waals surface area contributed by atoms with Gasteiger partial charge >= 0.3 is 5.97 Å². The van der Waals surface area contributed by atoms with E-state index in [0.29, 0.717) is 36.8 Å². The fraction of sp³-hybridized carbons (Fsp3) is 0.304. The first-order valence-corrected chi connectivity index (χ1v) is 10.7. The van der Waals surface area contributed by atoms with Gasteiger partial charge in [-0.15, -0.1) is 0 Å². The summed E-state index contributed by atoms with van der Waals surface area (Å²) < 4.78 is 6.97. The number of nitrogens with zero attached hydrogens (tertiary/aromatic N) is 5. The quantitative estimate of drug-likeness (QED) is 0.552. The van der Waals surface area contributed by atoms with Crippen LogP contribution in [0.15, 0.2) is 48.7 Å². The van der Waals surface area contributed by atoms with Crippen molar-refractivity contribution < 1.29 is 14.3 Å². The van der Waals surface area contributed by atoms with E-state index >= 15 is 0 Å². The number of benzene rings is 1. The molecular weight excluding hydrogens is 430 g/mol. The summed E-state index contributed by atoms with van der Waals surface area (Å²) in [5.74, 6) is 0.161. The number of hydrogen-bond acceptors (Lipinski definition) is 6. The minimum atomic E-state index is -0.538. The summed E-state index contributed by atoms with van der Waals surface area (Å²) in [6.07, 6.45) is 1.76. The Hall–Kier alpha value is -3.39. The van der Waals surface area contributed by atoms with E-state index in [1.807, 2.05) is 32.0 Å². The van der Waals surface area contributed by atoms with E-state index in [9.17, 15) is 9.59 Å². The van der Waals surface area contributed by atoms with Gasteiger partial charge in [0.1, 0.15) is 5.82 Å². The molecule has 3 heterocycles. The molecule has 1 saturated heterocycles. The zero-order valence-corrected chi connectivity index (χ0v) is 18.7. The van der Waals surface area contributed by atoms with Gasteiger partial charge in [0.05, 0.1) is 27.7 Å². The number of halogens is 1. The predicted molar refractivity (Wildman–Crippen MR) is 121 cm³/mol. The summed E-state index contributed by atoms with van der Waals surface area (Å²) in [7, 11) is 0. The average Bonchev–Trinajstić information content (AvgIpc) is 3.10. The van der Waals surface area contributed by atoms with Gasteiger partial charge in [0.25, 0.3) is 5.91 Å². The number of pyridine rings is 1. The SMILES string of the molecule is Cc1nn(-c2ccc(C(=O)OCC(=O)N3CCN(c4ccccn4)CC3)cc2)c(C)c1Cl. The van der Waals surface area contributed by atoms with Crippen LogP contribution in [-0.2, 0) is 9.53 Å². The molecule has 0 aliphatic carbocycles. The lowest BCUT2D eigenvalue weighted by Crippen LogP contribution is -2.50. The Kier molecular flexibility index (Phi) is 6.41. The van der Waals surface area contributed by atoms with Gasteiger partial charge in [-0.05, 0) is 50.2 Å². The molecule has 0 spiro atoms. The lowest BCUT2D eigenvalue weighted by atomic mass is 10.2. The van der Waals surface area contributed by atoms with E-state index in [4.69, 9.17) is 16.3 Å². The number of anilines is 1. The summed E-state index contributed by atoms with van der Waals surface area (Å²) in [6, 6.07) is 12.6. The van der Waals surface area contributed by atoms with Crippen molar-refractivity contribution in [1.82, 2.24) is 19.7 Å². The Labute approximate surface area is 191 Å². The van der Waals surface area contributed by atoms with Crippen molar-refractivity contribution in [1.29, 1.82) is 0 Å². The molecule has 4 rings (SSSR count). The fourth-order valence-electron chi connectivity index (χ4n) is 3.64. The highest BCUT2D eigenvalue weighted by Crippen LogP contribution is 2.22. The number of carbonyl (C=O) groups excluding carboxylic acids is 2. The number of amides is 1. The average molecular weight is 454 g/mol. The van der Waals surface area contributed by atoms with Gasteiger partial charge in [-0.25, -0.2) is 14.5 Å². The third kappa shape index (κ3) is 4.60. The highest BCUT2D eigenvalue weighted by molar-refractivity contribution is 6.31. The first-order chi connectivity index (χ1) is 15.4. The highest BCUT2D eigenvalue weighted by Gasteiger charge is 2.23. The molecule has 1 aliphatic rings. The highest BCUT2D eigenvalue weighted by atomic mass is 35.5. The van der Waals surface area contributed by atoms with Crippen LogP contribution in [0.25, 0.3) is 5.69 Å². The molecule has 1 fully saturated rings. The fourth-order valence-corrected chi connectivity index (χ4v) is 3.76. The van der Waals surface area contributed by atoms with Crippen LogP contribution < -0.4 is 4.90 Å². The van der Waals surface area contributed by atoms with E-state index in [2.05, 4.69) is 15.0 Å². The number of ether oxygens (including phenoxy) is 1. The van der Waals surface area contributed by atoms with Crippen LogP contribution in [-0.4, -0.2) is 64.3 Å². The number of rotatable bonds is 5. The third-order valence-corrected chi connectivity index (χ3v) is 6.03. The zero-order valence-electron chi connectivity index (χ0n) is 18.0. The standard InChI is InChI=1S/C23H24ClN5O3/c1-16-22(24)17(2)29(26-16)19-8-6-18(7-9-19)23(31)32-15-21(30)28-13-11-27(12-14-28)20-5-3-4-10-25-20/h3-10H,11-15H2,1-2H3. The summed E-state index contributed by atoms with van der Waals surface area (Å²) in [4.78, 5) is 33.1. The topological polar surface area (TPSA) is 80.6 Å². The van der Waals surface area contributed by atoms with Crippen molar-refractivity contribution in [3.63, 3.8) is 0 Å². The molecule has 2 aromatic heterocycles.